The number of amides is 1. The molecule has 10 heteroatoms. The molecule has 0 unspecified atom stereocenters. The largest absolute Gasteiger partial charge is 0.402 e. The molecule has 8 nitrogen and oxygen atoms in total. The quantitative estimate of drug-likeness (QED) is 0.425. The van der Waals surface area contributed by atoms with E-state index < -0.39 is 5.82 Å². The number of aromatic nitrogens is 4. The molecule has 3 aliphatic rings. The van der Waals surface area contributed by atoms with Crippen LogP contribution in [0.1, 0.15) is 40.2 Å². The Morgan fingerprint density at radius 3 is 2.94 bits per heavy atom. The molecule has 0 radical (unpaired) electrons. The number of ether oxygens (including phenoxy) is 1. The molecule has 2 N–H and O–H groups in total. The third kappa shape index (κ3) is 2.80. The van der Waals surface area contributed by atoms with Gasteiger partial charge in [0, 0.05) is 65.1 Å². The molecule has 3 aromatic heterocycles. The second-order valence-corrected chi connectivity index (χ2v) is 9.84. The van der Waals surface area contributed by atoms with Crippen LogP contribution >= 0.6 is 11.6 Å². The number of nitrogens with one attached hydrogen (secondary N) is 2. The number of carbonyl (C=O) groups is 1. The number of rotatable bonds is 2. The zero-order valence-corrected chi connectivity index (χ0v) is 19.1. The van der Waals surface area contributed by atoms with E-state index in [-0.39, 0.29) is 23.2 Å². The smallest absolute Gasteiger partial charge is 0.325 e. The predicted molar refractivity (Wildman–Crippen MR) is 124 cm³/mol. The maximum Gasteiger partial charge on any atom is 0.325 e. The Labute approximate surface area is 198 Å². The van der Waals surface area contributed by atoms with Gasteiger partial charge in [0.25, 0.3) is 11.8 Å². The number of aromatic amines is 1. The van der Waals surface area contributed by atoms with Crippen LogP contribution in [0.2, 0.25) is 5.15 Å². The fourth-order valence-corrected chi connectivity index (χ4v) is 5.48. The monoisotopic (exact) mass is 478 g/mol. The van der Waals surface area contributed by atoms with E-state index >= 15 is 4.39 Å². The lowest BCUT2D eigenvalue weighted by Crippen LogP contribution is -2.38. The van der Waals surface area contributed by atoms with Gasteiger partial charge in [0.15, 0.2) is 5.82 Å². The van der Waals surface area contributed by atoms with E-state index in [1.54, 1.807) is 12.3 Å². The van der Waals surface area contributed by atoms with Gasteiger partial charge in [0.2, 0.25) is 0 Å². The van der Waals surface area contributed by atoms with Crippen LogP contribution in [0.3, 0.4) is 0 Å². The number of likely N-dealkylation sites (N-methyl/N-ethyl adjacent to an activating group) is 1. The summed E-state index contributed by atoms with van der Waals surface area (Å²) >= 11 is 6.38. The first-order chi connectivity index (χ1) is 16.4. The van der Waals surface area contributed by atoms with Crippen molar-refractivity contribution < 1.29 is 13.9 Å². The number of pyridine rings is 1. The van der Waals surface area contributed by atoms with Gasteiger partial charge in [-0.2, -0.15) is 9.97 Å². The van der Waals surface area contributed by atoms with Crippen molar-refractivity contribution in [3.8, 4) is 11.9 Å². The summed E-state index contributed by atoms with van der Waals surface area (Å²) in [5, 5.41) is 4.91. The van der Waals surface area contributed by atoms with Gasteiger partial charge < -0.3 is 19.9 Å². The Kier molecular flexibility index (Phi) is 4.06. The van der Waals surface area contributed by atoms with Gasteiger partial charge in [-0.05, 0) is 19.9 Å². The molecular weight excluding hydrogens is 459 g/mol. The van der Waals surface area contributed by atoms with E-state index in [1.165, 1.54) is 0 Å². The van der Waals surface area contributed by atoms with E-state index in [9.17, 15) is 4.79 Å². The number of halogens is 2. The van der Waals surface area contributed by atoms with Crippen LogP contribution in [-0.4, -0.2) is 50.9 Å². The molecule has 7 rings (SSSR count). The summed E-state index contributed by atoms with van der Waals surface area (Å²) in [5.41, 5.74) is 3.67. The first-order valence-electron chi connectivity index (χ1n) is 11.3. The van der Waals surface area contributed by atoms with Gasteiger partial charge in [-0.3, -0.25) is 4.79 Å². The number of benzene rings is 1. The summed E-state index contributed by atoms with van der Waals surface area (Å²) in [7, 11) is 2.01. The zero-order valence-electron chi connectivity index (χ0n) is 18.3. The maximum absolute atomic E-state index is 15.8. The van der Waals surface area contributed by atoms with Crippen LogP contribution in [0.15, 0.2) is 18.3 Å². The number of fused-ring (bicyclic) bond motifs is 7. The fourth-order valence-electron chi connectivity index (χ4n) is 5.24. The Morgan fingerprint density at radius 1 is 1.26 bits per heavy atom. The first-order valence-corrected chi connectivity index (χ1v) is 11.6. The SMILES string of the molecule is CN1CCc2nc(Oc3ncc4ccc5c6c([nH]c5c4c3F)C3(CC3)CNC6=O)nc(Cl)c2C1. The number of hydrogen-bond acceptors (Lipinski definition) is 6. The molecule has 1 fully saturated rings. The Morgan fingerprint density at radius 2 is 2.12 bits per heavy atom. The second kappa shape index (κ2) is 6.86. The predicted octanol–water partition coefficient (Wildman–Crippen LogP) is 3.85. The molecule has 1 aromatic carbocycles. The van der Waals surface area contributed by atoms with Crippen LogP contribution < -0.4 is 10.1 Å². The minimum absolute atomic E-state index is 0.0340. The average Bonchev–Trinajstić information content (AvgIpc) is 3.49. The summed E-state index contributed by atoms with van der Waals surface area (Å²) < 4.78 is 21.6. The lowest BCUT2D eigenvalue weighted by Gasteiger charge is -2.24. The molecule has 172 valence electrons. The van der Waals surface area contributed by atoms with Crippen molar-refractivity contribution >= 4 is 39.2 Å². The second-order valence-electron chi connectivity index (χ2n) is 9.48. The molecular formula is C24H20ClFN6O2. The van der Waals surface area contributed by atoms with Crippen LogP contribution in [0.5, 0.6) is 11.9 Å². The number of nitrogens with zero attached hydrogens (tertiary/aromatic N) is 4. The molecule has 2 aliphatic heterocycles. The highest BCUT2D eigenvalue weighted by Gasteiger charge is 2.51. The Balaban J connectivity index is 1.36. The summed E-state index contributed by atoms with van der Waals surface area (Å²) in [6.07, 6.45) is 4.25. The topological polar surface area (TPSA) is 96.0 Å². The van der Waals surface area contributed by atoms with E-state index in [4.69, 9.17) is 16.3 Å². The van der Waals surface area contributed by atoms with Gasteiger partial charge in [0.05, 0.1) is 16.8 Å². The first kappa shape index (κ1) is 20.1. The third-order valence-electron chi connectivity index (χ3n) is 7.30. The molecule has 34 heavy (non-hydrogen) atoms. The average molecular weight is 479 g/mol. The number of hydrogen-bond donors (Lipinski definition) is 2. The number of H-pyrrole nitrogens is 1. The molecule has 4 aromatic rings. The van der Waals surface area contributed by atoms with Crippen molar-refractivity contribution in [3.63, 3.8) is 0 Å². The van der Waals surface area contributed by atoms with Crippen LogP contribution in [0.4, 0.5) is 4.39 Å². The summed E-state index contributed by atoms with van der Waals surface area (Å²) in [6.45, 7) is 2.10. The normalized spacial score (nSPS) is 18.7. The van der Waals surface area contributed by atoms with Gasteiger partial charge >= 0.3 is 6.01 Å². The van der Waals surface area contributed by atoms with Crippen molar-refractivity contribution in [3.05, 3.63) is 51.8 Å². The lowest BCUT2D eigenvalue weighted by atomic mass is 9.93. The molecule has 1 amide bonds. The van der Waals surface area contributed by atoms with E-state index in [1.807, 2.05) is 13.1 Å². The summed E-state index contributed by atoms with van der Waals surface area (Å²) in [6, 6.07) is 3.59. The minimum atomic E-state index is -0.635. The minimum Gasteiger partial charge on any atom is -0.402 e. The van der Waals surface area contributed by atoms with Gasteiger partial charge in [-0.15, -0.1) is 0 Å². The van der Waals surface area contributed by atoms with Crippen molar-refractivity contribution in [2.75, 3.05) is 20.1 Å². The van der Waals surface area contributed by atoms with Crippen molar-refractivity contribution in [2.45, 2.75) is 31.2 Å². The molecule has 0 atom stereocenters. The lowest BCUT2D eigenvalue weighted by molar-refractivity contribution is 0.0939. The molecule has 1 spiro atoms. The molecule has 1 saturated carbocycles. The van der Waals surface area contributed by atoms with Crippen LogP contribution in [-0.2, 0) is 18.4 Å². The van der Waals surface area contributed by atoms with Crippen LogP contribution in [0, 0.1) is 5.82 Å². The Bertz CT molecular complexity index is 1550. The third-order valence-corrected chi connectivity index (χ3v) is 7.61. The molecule has 1 aliphatic carbocycles. The fraction of sp³-hybridized carbons (Fsp3) is 0.333. The van der Waals surface area contributed by atoms with Crippen molar-refractivity contribution in [1.82, 2.24) is 30.2 Å². The standard InChI is InChI=1S/C24H20ClFN6O2/c1-32-7-4-14-13(9-32)20(25)31-23(29-14)34-22-17(26)15-11(8-27-22)2-3-12-16-19(30-18(12)15)24(5-6-24)10-28-21(16)33/h2-3,8,30H,4-7,9-10H2,1H3,(H,28,33). The van der Waals surface area contributed by atoms with E-state index in [2.05, 4.69) is 30.2 Å². The summed E-state index contributed by atoms with van der Waals surface area (Å²) in [5.74, 6) is -1.00. The van der Waals surface area contributed by atoms with E-state index in [0.29, 0.717) is 51.9 Å². The maximum atomic E-state index is 15.8. The van der Waals surface area contributed by atoms with Gasteiger partial charge in [0.1, 0.15) is 5.15 Å². The van der Waals surface area contributed by atoms with Crippen molar-refractivity contribution in [1.29, 1.82) is 0 Å². The summed E-state index contributed by atoms with van der Waals surface area (Å²) in [4.78, 5) is 31.1. The van der Waals surface area contributed by atoms with Crippen molar-refractivity contribution in [2.24, 2.45) is 0 Å². The van der Waals surface area contributed by atoms with Gasteiger partial charge in [-0.1, -0.05) is 23.7 Å². The highest BCUT2D eigenvalue weighted by atomic mass is 35.5. The zero-order chi connectivity index (χ0) is 23.2. The highest BCUT2D eigenvalue weighted by Crippen LogP contribution is 2.52. The molecule has 0 bridgehead atoms. The van der Waals surface area contributed by atoms with Gasteiger partial charge in [-0.25, -0.2) is 9.37 Å². The molecule has 5 heterocycles. The highest BCUT2D eigenvalue weighted by molar-refractivity contribution is 6.30. The van der Waals surface area contributed by atoms with E-state index in [0.717, 1.165) is 36.3 Å². The number of carbonyl (C=O) groups excluding carboxylic acids is 1. The Hall–Kier alpha value is -3.30. The molecule has 0 saturated heterocycles. The van der Waals surface area contributed by atoms with Crippen LogP contribution in [0.25, 0.3) is 21.7 Å².